The minimum Gasteiger partial charge on any atom is -0.326 e. The monoisotopic (exact) mass is 410 g/mol. The van der Waals surface area contributed by atoms with Crippen molar-refractivity contribution in [3.63, 3.8) is 0 Å². The van der Waals surface area contributed by atoms with Crippen LogP contribution in [0.15, 0.2) is 64.4 Å². The van der Waals surface area contributed by atoms with Gasteiger partial charge in [0.05, 0.1) is 5.69 Å². The highest BCUT2D eigenvalue weighted by Gasteiger charge is 2.12. The normalized spacial score (nSPS) is 10.5. The molecule has 0 aliphatic carbocycles. The van der Waals surface area contributed by atoms with Gasteiger partial charge in [0, 0.05) is 30.7 Å². The Morgan fingerprint density at radius 1 is 0.933 bits per heavy atom. The highest BCUT2D eigenvalue weighted by Crippen LogP contribution is 2.14. The average molecular weight is 410 g/mol. The third-order valence-electron chi connectivity index (χ3n) is 4.29. The number of amides is 2. The number of rotatable bonds is 5. The number of nitrogens with one attached hydrogen (secondary N) is 2. The molecule has 2 N–H and O–H groups in total. The molecule has 2 aromatic carbocycles. The summed E-state index contributed by atoms with van der Waals surface area (Å²) >= 11 is 0. The van der Waals surface area contributed by atoms with Crippen LogP contribution in [0.4, 0.5) is 15.8 Å². The van der Waals surface area contributed by atoms with E-state index in [4.69, 9.17) is 0 Å². The van der Waals surface area contributed by atoms with E-state index in [-0.39, 0.29) is 18.1 Å². The Kier molecular flexibility index (Phi) is 5.91. The fourth-order valence-corrected chi connectivity index (χ4v) is 2.86. The number of halogens is 1. The molecule has 0 spiro atoms. The summed E-state index contributed by atoms with van der Waals surface area (Å²) in [5.41, 5.74) is 0.124. The van der Waals surface area contributed by atoms with Gasteiger partial charge in [-0.15, -0.1) is 0 Å². The van der Waals surface area contributed by atoms with E-state index < -0.39 is 22.8 Å². The second kappa shape index (κ2) is 8.56. The fraction of sp³-hybridized carbons (Fsp3) is 0.143. The van der Waals surface area contributed by atoms with Crippen molar-refractivity contribution < 1.29 is 14.0 Å². The predicted octanol–water partition coefficient (Wildman–Crippen LogP) is 2.04. The zero-order valence-corrected chi connectivity index (χ0v) is 16.3. The van der Waals surface area contributed by atoms with Gasteiger partial charge in [0.15, 0.2) is 0 Å². The first kappa shape index (κ1) is 20.7. The molecule has 30 heavy (non-hydrogen) atoms. The molecule has 0 atom stereocenters. The van der Waals surface area contributed by atoms with Crippen molar-refractivity contribution in [3.05, 3.63) is 86.9 Å². The summed E-state index contributed by atoms with van der Waals surface area (Å²) in [4.78, 5) is 48.2. The summed E-state index contributed by atoms with van der Waals surface area (Å²) in [7, 11) is 0. The van der Waals surface area contributed by atoms with Crippen molar-refractivity contribution >= 4 is 23.2 Å². The number of aromatic nitrogens is 2. The highest BCUT2D eigenvalue weighted by atomic mass is 19.1. The number of nitrogens with zero attached hydrogens (tertiary/aromatic N) is 2. The Bertz CT molecular complexity index is 1230. The highest BCUT2D eigenvalue weighted by molar-refractivity contribution is 5.92. The molecular weight excluding hydrogens is 391 g/mol. The van der Waals surface area contributed by atoms with Gasteiger partial charge in [-0.05, 0) is 48.9 Å². The van der Waals surface area contributed by atoms with Crippen molar-refractivity contribution in [2.24, 2.45) is 0 Å². The van der Waals surface area contributed by atoms with Gasteiger partial charge in [-0.25, -0.2) is 4.39 Å². The predicted molar refractivity (Wildman–Crippen MR) is 110 cm³/mol. The third kappa shape index (κ3) is 4.69. The van der Waals surface area contributed by atoms with Crippen LogP contribution in [0.3, 0.4) is 0 Å². The van der Waals surface area contributed by atoms with E-state index in [0.29, 0.717) is 16.9 Å². The number of carbonyl (C=O) groups is 2. The molecule has 0 aliphatic heterocycles. The summed E-state index contributed by atoms with van der Waals surface area (Å²) in [5, 5.41) is 5.22. The summed E-state index contributed by atoms with van der Waals surface area (Å²) in [6.45, 7) is 2.71. The standard InChI is InChI=1S/C21H19FN4O4/c1-13-3-4-15(22)11-18(13)26-10-9-25(20(29)21(26)30)12-19(28)24-17-7-5-16(6-8-17)23-14(2)27/h3-11H,12H2,1-2H3,(H,23,27)(H,24,28). The minimum absolute atomic E-state index is 0.214. The molecule has 154 valence electrons. The summed E-state index contributed by atoms with van der Waals surface area (Å²) in [5.74, 6) is -1.26. The van der Waals surface area contributed by atoms with Crippen LogP contribution >= 0.6 is 0 Å². The third-order valence-corrected chi connectivity index (χ3v) is 4.29. The Hall–Kier alpha value is -4.01. The lowest BCUT2D eigenvalue weighted by atomic mass is 10.2. The smallest absolute Gasteiger partial charge is 0.320 e. The molecule has 0 saturated carbocycles. The summed E-state index contributed by atoms with van der Waals surface area (Å²) < 4.78 is 15.6. The van der Waals surface area contributed by atoms with Crippen LogP contribution in [0.2, 0.25) is 0 Å². The zero-order valence-electron chi connectivity index (χ0n) is 16.3. The van der Waals surface area contributed by atoms with E-state index in [1.807, 2.05) is 0 Å². The number of aryl methyl sites for hydroxylation is 1. The van der Waals surface area contributed by atoms with E-state index in [2.05, 4.69) is 10.6 Å². The molecule has 0 radical (unpaired) electrons. The molecule has 8 nitrogen and oxygen atoms in total. The maximum Gasteiger partial charge on any atom is 0.320 e. The first-order valence-corrected chi connectivity index (χ1v) is 9.01. The SMILES string of the molecule is CC(=O)Nc1ccc(NC(=O)Cn2ccn(-c3cc(F)ccc3C)c(=O)c2=O)cc1. The molecular formula is C21H19FN4O4. The van der Waals surface area contributed by atoms with Gasteiger partial charge in [-0.2, -0.15) is 0 Å². The van der Waals surface area contributed by atoms with Crippen molar-refractivity contribution in [2.45, 2.75) is 20.4 Å². The maximum atomic E-state index is 13.5. The Morgan fingerprint density at radius 2 is 1.57 bits per heavy atom. The first-order valence-electron chi connectivity index (χ1n) is 9.01. The van der Waals surface area contributed by atoms with Gasteiger partial charge in [0.2, 0.25) is 11.8 Å². The lowest BCUT2D eigenvalue weighted by Gasteiger charge is -2.11. The molecule has 0 aliphatic rings. The van der Waals surface area contributed by atoms with Gasteiger partial charge in [0.1, 0.15) is 12.4 Å². The van der Waals surface area contributed by atoms with E-state index >= 15 is 0 Å². The van der Waals surface area contributed by atoms with Crippen molar-refractivity contribution in [3.8, 4) is 5.69 Å². The fourth-order valence-electron chi connectivity index (χ4n) is 2.86. The van der Waals surface area contributed by atoms with Crippen LogP contribution in [0.5, 0.6) is 0 Å². The molecule has 3 rings (SSSR count). The van der Waals surface area contributed by atoms with Gasteiger partial charge in [0.25, 0.3) is 0 Å². The quantitative estimate of drug-likeness (QED) is 0.629. The number of hydrogen-bond donors (Lipinski definition) is 2. The molecule has 0 bridgehead atoms. The largest absolute Gasteiger partial charge is 0.326 e. The van der Waals surface area contributed by atoms with Gasteiger partial charge in [-0.1, -0.05) is 6.07 Å². The molecule has 0 saturated heterocycles. The lowest BCUT2D eigenvalue weighted by Crippen LogP contribution is -2.41. The van der Waals surface area contributed by atoms with Crippen molar-refractivity contribution in [2.75, 3.05) is 10.6 Å². The van der Waals surface area contributed by atoms with E-state index in [9.17, 15) is 23.6 Å². The molecule has 1 aromatic heterocycles. The van der Waals surface area contributed by atoms with Gasteiger partial charge < -0.3 is 10.6 Å². The topological polar surface area (TPSA) is 102 Å². The molecule has 2 amide bonds. The van der Waals surface area contributed by atoms with E-state index in [1.54, 1.807) is 31.2 Å². The lowest BCUT2D eigenvalue weighted by molar-refractivity contribution is -0.117. The minimum atomic E-state index is -0.905. The number of hydrogen-bond acceptors (Lipinski definition) is 4. The summed E-state index contributed by atoms with van der Waals surface area (Å²) in [6, 6.07) is 10.4. The van der Waals surface area contributed by atoms with E-state index in [1.165, 1.54) is 31.5 Å². The second-order valence-electron chi connectivity index (χ2n) is 6.64. The van der Waals surface area contributed by atoms with Gasteiger partial charge >= 0.3 is 11.1 Å². The second-order valence-corrected chi connectivity index (χ2v) is 6.64. The van der Waals surface area contributed by atoms with E-state index in [0.717, 1.165) is 15.2 Å². The zero-order chi connectivity index (χ0) is 21.8. The Balaban J connectivity index is 1.77. The van der Waals surface area contributed by atoms with Gasteiger partial charge in [-0.3, -0.25) is 28.3 Å². The van der Waals surface area contributed by atoms with Crippen LogP contribution in [-0.4, -0.2) is 20.9 Å². The first-order chi connectivity index (χ1) is 14.2. The molecule has 0 unspecified atom stereocenters. The number of carbonyl (C=O) groups excluding carboxylic acids is 2. The molecule has 1 heterocycles. The Morgan fingerprint density at radius 3 is 2.20 bits per heavy atom. The van der Waals surface area contributed by atoms with Crippen molar-refractivity contribution in [1.82, 2.24) is 9.13 Å². The molecule has 3 aromatic rings. The number of benzene rings is 2. The number of anilines is 2. The average Bonchev–Trinajstić information content (AvgIpc) is 2.69. The molecule has 9 heteroatoms. The van der Waals surface area contributed by atoms with Crippen LogP contribution in [0.1, 0.15) is 12.5 Å². The Labute approximate surface area is 170 Å². The summed E-state index contributed by atoms with van der Waals surface area (Å²) in [6.07, 6.45) is 2.62. The van der Waals surface area contributed by atoms with Crippen LogP contribution in [-0.2, 0) is 16.1 Å². The molecule has 0 fully saturated rings. The van der Waals surface area contributed by atoms with Crippen LogP contribution in [0.25, 0.3) is 5.69 Å². The maximum absolute atomic E-state index is 13.5. The van der Waals surface area contributed by atoms with Crippen LogP contribution in [0, 0.1) is 12.7 Å². The van der Waals surface area contributed by atoms with Crippen LogP contribution < -0.4 is 21.8 Å². The van der Waals surface area contributed by atoms with Crippen molar-refractivity contribution in [1.29, 1.82) is 0 Å².